The largest absolute Gasteiger partial charge is 0.399 e. The molecule has 0 aromatic heterocycles. The summed E-state index contributed by atoms with van der Waals surface area (Å²) in [5.74, 6) is -0.198. The molecule has 0 aliphatic carbocycles. The molecule has 1 atom stereocenters. The van der Waals surface area contributed by atoms with Gasteiger partial charge in [0.1, 0.15) is 0 Å². The Morgan fingerprint density at radius 2 is 2.18 bits per heavy atom. The number of hydrogen-bond acceptors (Lipinski definition) is 3. The van der Waals surface area contributed by atoms with Gasteiger partial charge in [0.25, 0.3) is 5.91 Å². The van der Waals surface area contributed by atoms with Crippen molar-refractivity contribution in [3.05, 3.63) is 28.8 Å². The lowest BCUT2D eigenvalue weighted by Crippen LogP contribution is -2.39. The van der Waals surface area contributed by atoms with Crippen LogP contribution >= 0.6 is 11.6 Å². The van der Waals surface area contributed by atoms with Crippen molar-refractivity contribution < 1.29 is 4.79 Å². The quantitative estimate of drug-likeness (QED) is 0.804. The molecule has 4 nitrogen and oxygen atoms in total. The van der Waals surface area contributed by atoms with Crippen LogP contribution in [-0.2, 0) is 0 Å². The molecule has 0 bridgehead atoms. The van der Waals surface area contributed by atoms with E-state index in [-0.39, 0.29) is 11.9 Å². The number of nitrogens with two attached hydrogens (primary N) is 1. The van der Waals surface area contributed by atoms with Gasteiger partial charge in [0, 0.05) is 18.3 Å². The number of anilines is 1. The Morgan fingerprint density at radius 1 is 1.53 bits per heavy atom. The zero-order valence-electron chi connectivity index (χ0n) is 10.3. The SMILES string of the molecule is CC(CN(C)C)NC(=O)c1cc(N)ccc1Cl. The van der Waals surface area contributed by atoms with Gasteiger partial charge in [0.2, 0.25) is 0 Å². The lowest BCUT2D eigenvalue weighted by Gasteiger charge is -2.18. The predicted octanol–water partition coefficient (Wildman–Crippen LogP) is 1.60. The molecule has 1 rings (SSSR count). The van der Waals surface area contributed by atoms with Crippen molar-refractivity contribution in [1.29, 1.82) is 0 Å². The summed E-state index contributed by atoms with van der Waals surface area (Å²) in [6.07, 6.45) is 0. The summed E-state index contributed by atoms with van der Waals surface area (Å²) in [6, 6.07) is 4.93. The number of carbonyl (C=O) groups is 1. The van der Waals surface area contributed by atoms with Crippen LogP contribution in [0.4, 0.5) is 5.69 Å². The first-order valence-electron chi connectivity index (χ1n) is 5.40. The van der Waals surface area contributed by atoms with Gasteiger partial charge in [0.05, 0.1) is 10.6 Å². The van der Waals surface area contributed by atoms with Gasteiger partial charge >= 0.3 is 0 Å². The highest BCUT2D eigenvalue weighted by atomic mass is 35.5. The fourth-order valence-corrected chi connectivity index (χ4v) is 1.82. The molecule has 0 saturated heterocycles. The molecule has 1 aromatic rings. The predicted molar refractivity (Wildman–Crippen MR) is 71.3 cm³/mol. The third-order valence-electron chi connectivity index (χ3n) is 2.25. The molecular weight excluding hydrogens is 238 g/mol. The van der Waals surface area contributed by atoms with Gasteiger partial charge in [0.15, 0.2) is 0 Å². The number of nitrogen functional groups attached to an aromatic ring is 1. The zero-order chi connectivity index (χ0) is 13.0. The molecule has 0 heterocycles. The Morgan fingerprint density at radius 3 is 2.76 bits per heavy atom. The molecular formula is C12H18ClN3O. The Labute approximate surface area is 107 Å². The minimum absolute atomic E-state index is 0.0509. The van der Waals surface area contributed by atoms with Crippen molar-refractivity contribution in [1.82, 2.24) is 10.2 Å². The second-order valence-corrected chi connectivity index (χ2v) is 4.78. The van der Waals surface area contributed by atoms with E-state index in [1.807, 2.05) is 25.9 Å². The highest BCUT2D eigenvalue weighted by molar-refractivity contribution is 6.34. The standard InChI is InChI=1S/C12H18ClN3O/c1-8(7-16(2)3)15-12(17)10-6-9(14)4-5-11(10)13/h4-6,8H,7,14H2,1-3H3,(H,15,17). The average molecular weight is 256 g/mol. The number of amides is 1. The highest BCUT2D eigenvalue weighted by Gasteiger charge is 2.13. The van der Waals surface area contributed by atoms with E-state index in [1.54, 1.807) is 18.2 Å². The number of rotatable bonds is 4. The molecule has 0 aliphatic rings. The molecule has 1 aromatic carbocycles. The van der Waals surface area contributed by atoms with E-state index in [9.17, 15) is 4.79 Å². The molecule has 0 fully saturated rings. The number of hydrogen-bond donors (Lipinski definition) is 2. The number of nitrogens with zero attached hydrogens (tertiary/aromatic N) is 1. The molecule has 5 heteroatoms. The molecule has 0 saturated carbocycles. The molecule has 94 valence electrons. The minimum Gasteiger partial charge on any atom is -0.399 e. The fourth-order valence-electron chi connectivity index (χ4n) is 1.61. The maximum absolute atomic E-state index is 11.9. The maximum Gasteiger partial charge on any atom is 0.253 e. The zero-order valence-corrected chi connectivity index (χ0v) is 11.1. The number of benzene rings is 1. The van der Waals surface area contributed by atoms with Gasteiger partial charge in [-0.3, -0.25) is 4.79 Å². The average Bonchev–Trinajstić information content (AvgIpc) is 2.20. The summed E-state index contributed by atoms with van der Waals surface area (Å²) >= 11 is 5.95. The van der Waals surface area contributed by atoms with Crippen LogP contribution in [0.5, 0.6) is 0 Å². The monoisotopic (exact) mass is 255 g/mol. The lowest BCUT2D eigenvalue weighted by atomic mass is 10.1. The van der Waals surface area contributed by atoms with Gasteiger partial charge in [-0.25, -0.2) is 0 Å². The molecule has 3 N–H and O–H groups in total. The third-order valence-corrected chi connectivity index (χ3v) is 2.58. The van der Waals surface area contributed by atoms with Crippen LogP contribution < -0.4 is 11.1 Å². The van der Waals surface area contributed by atoms with Gasteiger partial charge in [-0.1, -0.05) is 11.6 Å². The molecule has 1 amide bonds. The fraction of sp³-hybridized carbons (Fsp3) is 0.417. The number of likely N-dealkylation sites (N-methyl/N-ethyl adjacent to an activating group) is 1. The molecule has 1 unspecified atom stereocenters. The summed E-state index contributed by atoms with van der Waals surface area (Å²) in [5.41, 5.74) is 6.57. The third kappa shape index (κ3) is 4.24. The molecule has 0 aliphatic heterocycles. The molecule has 17 heavy (non-hydrogen) atoms. The first kappa shape index (κ1) is 13.8. The first-order chi connectivity index (χ1) is 7.90. The summed E-state index contributed by atoms with van der Waals surface area (Å²) in [7, 11) is 3.91. The highest BCUT2D eigenvalue weighted by Crippen LogP contribution is 2.18. The second-order valence-electron chi connectivity index (χ2n) is 4.38. The van der Waals surface area contributed by atoms with Crippen molar-refractivity contribution in [3.8, 4) is 0 Å². The van der Waals surface area contributed by atoms with Crippen LogP contribution in [0.3, 0.4) is 0 Å². The van der Waals surface area contributed by atoms with Gasteiger partial charge in [-0.05, 0) is 39.2 Å². The van der Waals surface area contributed by atoms with Crippen LogP contribution in [-0.4, -0.2) is 37.5 Å². The number of carbonyl (C=O) groups excluding carboxylic acids is 1. The van der Waals surface area contributed by atoms with Gasteiger partial charge in [-0.2, -0.15) is 0 Å². The van der Waals surface area contributed by atoms with Crippen LogP contribution in [0.2, 0.25) is 5.02 Å². The number of halogens is 1. The summed E-state index contributed by atoms with van der Waals surface area (Å²) in [4.78, 5) is 13.9. The van der Waals surface area contributed by atoms with Crippen molar-refractivity contribution in [2.24, 2.45) is 0 Å². The Kier molecular flexibility index (Phi) is 4.78. The molecule has 0 radical (unpaired) electrons. The smallest absolute Gasteiger partial charge is 0.253 e. The molecule has 0 spiro atoms. The maximum atomic E-state index is 11.9. The van der Waals surface area contributed by atoms with E-state index in [0.717, 1.165) is 6.54 Å². The summed E-state index contributed by atoms with van der Waals surface area (Å²) < 4.78 is 0. The summed E-state index contributed by atoms with van der Waals surface area (Å²) in [6.45, 7) is 2.71. The van der Waals surface area contributed by atoms with E-state index in [1.165, 1.54) is 0 Å². The van der Waals surface area contributed by atoms with Crippen molar-refractivity contribution in [3.63, 3.8) is 0 Å². The van der Waals surface area contributed by atoms with E-state index in [2.05, 4.69) is 5.32 Å². The van der Waals surface area contributed by atoms with Crippen LogP contribution in [0.25, 0.3) is 0 Å². The Bertz CT molecular complexity index is 407. The van der Waals surface area contributed by atoms with E-state index >= 15 is 0 Å². The van der Waals surface area contributed by atoms with Gasteiger partial charge < -0.3 is 16.0 Å². The Hall–Kier alpha value is -1.26. The Balaban J connectivity index is 2.73. The van der Waals surface area contributed by atoms with Crippen LogP contribution in [0.15, 0.2) is 18.2 Å². The van der Waals surface area contributed by atoms with Crippen LogP contribution in [0, 0.1) is 0 Å². The topological polar surface area (TPSA) is 58.4 Å². The lowest BCUT2D eigenvalue weighted by molar-refractivity contribution is 0.0934. The van der Waals surface area contributed by atoms with Crippen molar-refractivity contribution in [2.75, 3.05) is 26.4 Å². The van der Waals surface area contributed by atoms with E-state index in [4.69, 9.17) is 17.3 Å². The first-order valence-corrected chi connectivity index (χ1v) is 5.78. The number of nitrogens with one attached hydrogen (secondary N) is 1. The van der Waals surface area contributed by atoms with Crippen molar-refractivity contribution in [2.45, 2.75) is 13.0 Å². The van der Waals surface area contributed by atoms with Crippen molar-refractivity contribution >= 4 is 23.2 Å². The summed E-state index contributed by atoms with van der Waals surface area (Å²) in [5, 5.41) is 3.29. The van der Waals surface area contributed by atoms with E-state index < -0.39 is 0 Å². The van der Waals surface area contributed by atoms with Gasteiger partial charge in [-0.15, -0.1) is 0 Å². The van der Waals surface area contributed by atoms with Crippen LogP contribution in [0.1, 0.15) is 17.3 Å². The van der Waals surface area contributed by atoms with E-state index in [0.29, 0.717) is 16.3 Å². The normalized spacial score (nSPS) is 12.5. The second kappa shape index (κ2) is 5.89. The minimum atomic E-state index is -0.198.